The van der Waals surface area contributed by atoms with Crippen molar-refractivity contribution in [1.29, 1.82) is 5.41 Å². The molecule has 4 aromatic rings. The number of ketones is 1. The van der Waals surface area contributed by atoms with Gasteiger partial charge in [0.1, 0.15) is 17.1 Å². The summed E-state index contributed by atoms with van der Waals surface area (Å²) >= 11 is 7.34. The average Bonchev–Trinajstić information content (AvgIpc) is 3.75. The van der Waals surface area contributed by atoms with E-state index in [0.29, 0.717) is 22.9 Å². The van der Waals surface area contributed by atoms with E-state index in [1.165, 1.54) is 39.6 Å². The summed E-state index contributed by atoms with van der Waals surface area (Å²) in [6, 6.07) is 11.9. The number of halogens is 1. The topological polar surface area (TPSA) is 210 Å². The maximum atomic E-state index is 13.1. The van der Waals surface area contributed by atoms with E-state index in [1.807, 2.05) is 24.3 Å². The van der Waals surface area contributed by atoms with Crippen LogP contribution in [0.15, 0.2) is 72.0 Å². The van der Waals surface area contributed by atoms with Gasteiger partial charge < -0.3 is 46.0 Å². The number of aromatic nitrogens is 3. The summed E-state index contributed by atoms with van der Waals surface area (Å²) in [7, 11) is 4.92. The van der Waals surface area contributed by atoms with Crippen LogP contribution < -0.4 is 32.3 Å². The molecule has 0 spiro atoms. The predicted molar refractivity (Wildman–Crippen MR) is 195 cm³/mol. The van der Waals surface area contributed by atoms with Gasteiger partial charge in [0.25, 0.3) is 23.6 Å². The average molecular weight is 721 g/mol. The van der Waals surface area contributed by atoms with Crippen LogP contribution in [0.25, 0.3) is 6.08 Å². The molecule has 0 fully saturated rings. The van der Waals surface area contributed by atoms with Gasteiger partial charge in [0, 0.05) is 69.4 Å². The molecule has 17 heteroatoms. The van der Waals surface area contributed by atoms with E-state index >= 15 is 0 Å². The number of anilines is 3. The first-order valence-electron chi connectivity index (χ1n) is 15.1. The molecule has 4 amide bonds. The van der Waals surface area contributed by atoms with Gasteiger partial charge in [-0.1, -0.05) is 18.2 Å². The van der Waals surface area contributed by atoms with E-state index in [2.05, 4.69) is 26.6 Å². The number of hydrogen-bond donors (Lipinski definition) is 7. The summed E-state index contributed by atoms with van der Waals surface area (Å²) < 4.78 is 4.59. The fourth-order valence-electron chi connectivity index (χ4n) is 4.70. The lowest BCUT2D eigenvalue weighted by Crippen LogP contribution is -2.38. The molecule has 0 unspecified atom stereocenters. The number of rotatable bonds is 15. The Labute approximate surface area is 297 Å². The number of hydrogen-bond acceptors (Lipinski definition) is 7. The Bertz CT molecular complexity index is 1940. The number of nitrogens with one attached hydrogen (secondary N) is 6. The molecule has 50 heavy (non-hydrogen) atoms. The summed E-state index contributed by atoms with van der Waals surface area (Å²) in [6.07, 6.45) is 7.38. The number of benzene rings is 1. The van der Waals surface area contributed by atoms with Gasteiger partial charge in [-0.3, -0.25) is 29.4 Å². The van der Waals surface area contributed by atoms with Gasteiger partial charge in [-0.25, -0.2) is 0 Å². The summed E-state index contributed by atoms with van der Waals surface area (Å²) in [5, 5.41) is 20.5. The minimum Gasteiger partial charge on any atom is -0.370 e. The third-order valence-corrected chi connectivity index (χ3v) is 8.52. The second-order valence-electron chi connectivity index (χ2n) is 10.9. The van der Waals surface area contributed by atoms with Crippen molar-refractivity contribution >= 4 is 81.9 Å². The quantitative estimate of drug-likeness (QED) is 0.0184. The fraction of sp³-hybridized carbons (Fsp3) is 0.212. The van der Waals surface area contributed by atoms with Gasteiger partial charge >= 0.3 is 0 Å². The Balaban J connectivity index is 1.32. The molecule has 0 aliphatic carbocycles. The van der Waals surface area contributed by atoms with Crippen molar-refractivity contribution in [2.45, 2.75) is 4.90 Å². The van der Waals surface area contributed by atoms with Gasteiger partial charge in [-0.2, -0.15) is 0 Å². The van der Waals surface area contributed by atoms with Crippen LogP contribution >= 0.6 is 23.4 Å². The number of nitrogens with two attached hydrogens (primary N) is 1. The van der Waals surface area contributed by atoms with E-state index in [-0.39, 0.29) is 42.0 Å². The number of carbonyl (C=O) groups excluding carboxylic acids is 5. The normalized spacial score (nSPS) is 10.9. The molecule has 0 radical (unpaired) electrons. The van der Waals surface area contributed by atoms with Crippen LogP contribution in [0.3, 0.4) is 0 Å². The third kappa shape index (κ3) is 10.1. The molecular formula is C33H37ClN10O5S. The van der Waals surface area contributed by atoms with Crippen molar-refractivity contribution in [3.05, 3.63) is 89.8 Å². The van der Waals surface area contributed by atoms with E-state index in [4.69, 9.17) is 22.7 Å². The highest BCUT2D eigenvalue weighted by Crippen LogP contribution is 2.21. The minimum absolute atomic E-state index is 0.192. The van der Waals surface area contributed by atoms with Crippen LogP contribution in [-0.4, -0.2) is 73.8 Å². The van der Waals surface area contributed by atoms with Crippen LogP contribution in [0.5, 0.6) is 0 Å². The van der Waals surface area contributed by atoms with Crippen molar-refractivity contribution < 1.29 is 24.0 Å². The number of thioether (sulfide) groups is 1. The lowest BCUT2D eigenvalue weighted by atomic mass is 10.2. The standard InChI is InChI=1S/C33H37ClN10O5S/c1-42-17-21(14-25(42)29(46)37-11-12-38-33(35)36)39-30(47)26-15-22(18-43(26)2)40-31(48)27-16-23(19-44(27)3)41-32(49)28(45)9-6-20-4-7-24(8-5-20)50-13-10-34/h4-9,14-19H,10-13H2,1-3H3,(H,37,46)(H,39,47)(H,40,48)(H,41,49)(H4,35,36,38). The minimum atomic E-state index is -0.861. The summed E-state index contributed by atoms with van der Waals surface area (Å²) in [5.74, 6) is -1.84. The Morgan fingerprint density at radius 2 is 1.24 bits per heavy atom. The molecule has 0 aliphatic heterocycles. The fourth-order valence-corrected chi connectivity index (χ4v) is 5.57. The molecule has 0 bridgehead atoms. The molecule has 0 aliphatic rings. The smallest absolute Gasteiger partial charge is 0.296 e. The molecule has 4 rings (SSSR count). The maximum Gasteiger partial charge on any atom is 0.296 e. The van der Waals surface area contributed by atoms with Crippen LogP contribution in [0.2, 0.25) is 0 Å². The maximum absolute atomic E-state index is 13.1. The zero-order valence-electron chi connectivity index (χ0n) is 27.5. The summed E-state index contributed by atoms with van der Waals surface area (Å²) in [4.78, 5) is 64.8. The highest BCUT2D eigenvalue weighted by atomic mass is 35.5. The van der Waals surface area contributed by atoms with Gasteiger partial charge in [0.2, 0.25) is 5.78 Å². The third-order valence-electron chi connectivity index (χ3n) is 7.09. The second-order valence-corrected chi connectivity index (χ2v) is 12.5. The first kappa shape index (κ1) is 37.1. The molecule has 1 aromatic carbocycles. The Morgan fingerprint density at radius 3 is 1.74 bits per heavy atom. The Hall–Kier alpha value is -5.74. The van der Waals surface area contributed by atoms with Crippen LogP contribution in [0, 0.1) is 5.41 Å². The van der Waals surface area contributed by atoms with Crippen LogP contribution in [0.1, 0.15) is 37.0 Å². The molecule has 0 saturated heterocycles. The van der Waals surface area contributed by atoms with Crippen molar-refractivity contribution in [1.82, 2.24) is 24.3 Å². The largest absolute Gasteiger partial charge is 0.370 e. The Morgan fingerprint density at radius 1 is 0.760 bits per heavy atom. The molecule has 3 heterocycles. The lowest BCUT2D eigenvalue weighted by molar-refractivity contribution is -0.131. The lowest BCUT2D eigenvalue weighted by Gasteiger charge is -2.06. The highest BCUT2D eigenvalue weighted by Gasteiger charge is 2.19. The molecular weight excluding hydrogens is 684 g/mol. The van der Waals surface area contributed by atoms with Gasteiger partial charge in [-0.05, 0) is 42.0 Å². The SMILES string of the molecule is Cn1cc(NC(=O)c2cc(NC(=O)c3cc(NC(=O)C(=O)C=Cc4ccc(SCCCl)cc4)cn3C)cn2C)cc1C(=O)NCCNC(=N)N. The first-order chi connectivity index (χ1) is 23.8. The summed E-state index contributed by atoms with van der Waals surface area (Å²) in [6.45, 7) is 0.528. The number of nitrogens with zero attached hydrogens (tertiary/aromatic N) is 3. The van der Waals surface area contributed by atoms with Gasteiger partial charge in [0.05, 0.1) is 17.1 Å². The number of carbonyl (C=O) groups is 5. The monoisotopic (exact) mass is 720 g/mol. The van der Waals surface area contributed by atoms with Crippen molar-refractivity contribution in [3.63, 3.8) is 0 Å². The highest BCUT2D eigenvalue weighted by molar-refractivity contribution is 7.99. The van der Waals surface area contributed by atoms with Gasteiger partial charge in [-0.15, -0.1) is 23.4 Å². The van der Waals surface area contributed by atoms with Crippen LogP contribution in [0.4, 0.5) is 17.1 Å². The number of guanidine groups is 1. The molecule has 15 nitrogen and oxygen atoms in total. The zero-order valence-corrected chi connectivity index (χ0v) is 29.1. The van der Waals surface area contributed by atoms with Crippen molar-refractivity contribution in [3.8, 4) is 0 Å². The molecule has 3 aromatic heterocycles. The van der Waals surface area contributed by atoms with Gasteiger partial charge in [0.15, 0.2) is 5.96 Å². The molecule has 0 saturated carbocycles. The van der Waals surface area contributed by atoms with Crippen LogP contribution in [-0.2, 0) is 30.7 Å². The zero-order chi connectivity index (χ0) is 36.4. The molecule has 0 atom stereocenters. The predicted octanol–water partition coefficient (Wildman–Crippen LogP) is 2.97. The van der Waals surface area contributed by atoms with E-state index in [1.54, 1.807) is 55.9 Å². The number of alkyl halides is 1. The van der Waals surface area contributed by atoms with E-state index in [0.717, 1.165) is 16.2 Å². The number of aryl methyl sites for hydroxylation is 3. The van der Waals surface area contributed by atoms with E-state index < -0.39 is 23.5 Å². The summed E-state index contributed by atoms with van der Waals surface area (Å²) in [5.41, 5.74) is 7.70. The van der Waals surface area contributed by atoms with E-state index in [9.17, 15) is 24.0 Å². The van der Waals surface area contributed by atoms with Crippen molar-refractivity contribution in [2.24, 2.45) is 26.9 Å². The Kier molecular flexibility index (Phi) is 12.7. The molecule has 262 valence electrons. The second kappa shape index (κ2) is 17.1. The first-order valence-corrected chi connectivity index (χ1v) is 16.7. The molecule has 8 N–H and O–H groups in total. The van der Waals surface area contributed by atoms with Crippen molar-refractivity contribution in [2.75, 3.05) is 40.7 Å². The number of amides is 4.